The third-order valence-corrected chi connectivity index (χ3v) is 4.92. The molecule has 0 radical (unpaired) electrons. The van der Waals surface area contributed by atoms with Gasteiger partial charge in [0.1, 0.15) is 5.52 Å². The summed E-state index contributed by atoms with van der Waals surface area (Å²) in [4.78, 5) is 16.6. The van der Waals surface area contributed by atoms with Gasteiger partial charge in [-0.15, -0.1) is 0 Å². The number of carbonyl (C=O) groups is 1. The quantitative estimate of drug-likeness (QED) is 0.448. The van der Waals surface area contributed by atoms with Gasteiger partial charge in [0.25, 0.3) is 5.91 Å². The fourth-order valence-electron chi connectivity index (χ4n) is 2.86. The number of oxazole rings is 1. The van der Waals surface area contributed by atoms with E-state index in [-0.39, 0.29) is 11.6 Å². The molecule has 0 aliphatic rings. The van der Waals surface area contributed by atoms with E-state index in [0.29, 0.717) is 11.1 Å². The number of aromatic nitrogens is 1. The minimum atomic E-state index is -4.52. The number of hydrogen-bond acceptors (Lipinski definition) is 4. The topological polar surface area (TPSA) is 55.1 Å². The van der Waals surface area contributed by atoms with Crippen LogP contribution in [0.5, 0.6) is 0 Å². The predicted molar refractivity (Wildman–Crippen MR) is 101 cm³/mol. The van der Waals surface area contributed by atoms with Gasteiger partial charge in [0.05, 0.1) is 5.56 Å². The van der Waals surface area contributed by atoms with E-state index >= 15 is 0 Å². The normalized spacial score (nSPS) is 11.7. The van der Waals surface area contributed by atoms with Gasteiger partial charge in [-0.3, -0.25) is 10.1 Å². The van der Waals surface area contributed by atoms with E-state index in [0.717, 1.165) is 28.8 Å². The number of fused-ring (bicyclic) bond motifs is 1. The van der Waals surface area contributed by atoms with Crippen molar-refractivity contribution in [3.05, 3.63) is 69.9 Å². The fourth-order valence-corrected chi connectivity index (χ4v) is 3.52. The minimum absolute atomic E-state index is 0.0701. The maximum atomic E-state index is 12.8. The first-order valence-corrected chi connectivity index (χ1v) is 9.18. The maximum Gasteiger partial charge on any atom is 0.416 e. The summed E-state index contributed by atoms with van der Waals surface area (Å²) in [6.45, 7) is 1.94. The molecule has 0 saturated carbocycles. The van der Waals surface area contributed by atoms with Gasteiger partial charge in [-0.2, -0.15) is 29.5 Å². The first-order chi connectivity index (χ1) is 13.3. The average molecular weight is 402 g/mol. The number of aryl methyl sites for hydroxylation is 1. The van der Waals surface area contributed by atoms with Crippen molar-refractivity contribution in [2.45, 2.75) is 13.1 Å². The fraction of sp³-hybridized carbons (Fsp3) is 0.100. The third kappa shape index (κ3) is 3.50. The van der Waals surface area contributed by atoms with Crippen molar-refractivity contribution in [1.29, 1.82) is 0 Å². The molecule has 0 spiro atoms. The third-order valence-electron chi connectivity index (χ3n) is 4.24. The summed E-state index contributed by atoms with van der Waals surface area (Å²) < 4.78 is 44.0. The molecule has 4 aromatic rings. The highest BCUT2D eigenvalue weighted by Crippen LogP contribution is 2.32. The molecular formula is C20H13F3N2O2S. The van der Waals surface area contributed by atoms with E-state index in [4.69, 9.17) is 4.42 Å². The number of rotatable bonds is 3. The van der Waals surface area contributed by atoms with Crippen molar-refractivity contribution in [1.82, 2.24) is 4.98 Å². The Balaban J connectivity index is 1.63. The summed E-state index contributed by atoms with van der Waals surface area (Å²) in [5.41, 5.74) is 3.04. The zero-order chi connectivity index (χ0) is 19.9. The number of nitrogens with one attached hydrogen (secondary N) is 1. The number of amides is 1. The maximum absolute atomic E-state index is 12.8. The van der Waals surface area contributed by atoms with Crippen molar-refractivity contribution in [2.75, 3.05) is 5.32 Å². The van der Waals surface area contributed by atoms with Crippen LogP contribution in [0.4, 0.5) is 19.2 Å². The Hall–Kier alpha value is -3.13. The Bertz CT molecular complexity index is 1160. The highest BCUT2D eigenvalue weighted by atomic mass is 32.1. The molecule has 2 aromatic heterocycles. The van der Waals surface area contributed by atoms with Crippen LogP contribution in [-0.2, 0) is 6.18 Å². The van der Waals surface area contributed by atoms with Gasteiger partial charge in [0, 0.05) is 5.56 Å². The van der Waals surface area contributed by atoms with Crippen molar-refractivity contribution in [3.63, 3.8) is 0 Å². The Labute approximate surface area is 161 Å². The average Bonchev–Trinajstić information content (AvgIpc) is 3.29. The first-order valence-electron chi connectivity index (χ1n) is 8.23. The molecule has 1 amide bonds. The zero-order valence-corrected chi connectivity index (χ0v) is 15.3. The van der Waals surface area contributed by atoms with Gasteiger partial charge in [-0.05, 0) is 70.8 Å². The number of thiophene rings is 1. The van der Waals surface area contributed by atoms with Crippen molar-refractivity contribution in [3.8, 4) is 11.1 Å². The largest absolute Gasteiger partial charge is 0.423 e. The molecule has 28 heavy (non-hydrogen) atoms. The van der Waals surface area contributed by atoms with Gasteiger partial charge in [-0.25, -0.2) is 0 Å². The lowest BCUT2D eigenvalue weighted by Crippen LogP contribution is -2.14. The Morgan fingerprint density at radius 1 is 1.18 bits per heavy atom. The standard InChI is InChI=1S/C20H13F3N2O2S/c1-11-7-17-16(9-15(11)13-5-6-28-10-13)24-19(27-17)25-18(26)12-3-2-4-14(8-12)20(21,22)23/h2-10H,1H3,(H,24,25,26). The van der Waals surface area contributed by atoms with E-state index in [1.807, 2.05) is 35.9 Å². The minimum Gasteiger partial charge on any atom is -0.423 e. The van der Waals surface area contributed by atoms with Gasteiger partial charge >= 0.3 is 12.2 Å². The van der Waals surface area contributed by atoms with Crippen LogP contribution in [-0.4, -0.2) is 10.9 Å². The molecular weight excluding hydrogens is 389 g/mol. The molecule has 0 bridgehead atoms. The molecule has 4 rings (SSSR count). The van der Waals surface area contributed by atoms with E-state index in [9.17, 15) is 18.0 Å². The van der Waals surface area contributed by atoms with Crippen LogP contribution in [0, 0.1) is 6.92 Å². The van der Waals surface area contributed by atoms with Gasteiger partial charge in [-0.1, -0.05) is 6.07 Å². The smallest absolute Gasteiger partial charge is 0.416 e. The predicted octanol–water partition coefficient (Wildman–Crippen LogP) is 6.14. The molecule has 0 unspecified atom stereocenters. The van der Waals surface area contributed by atoms with Crippen LogP contribution < -0.4 is 5.32 Å². The van der Waals surface area contributed by atoms with Crippen LogP contribution >= 0.6 is 11.3 Å². The summed E-state index contributed by atoms with van der Waals surface area (Å²) in [5, 5.41) is 6.41. The van der Waals surface area contributed by atoms with Gasteiger partial charge in [0.2, 0.25) is 0 Å². The van der Waals surface area contributed by atoms with Gasteiger partial charge < -0.3 is 4.42 Å². The summed E-state index contributed by atoms with van der Waals surface area (Å²) in [6, 6.07) is 9.77. The van der Waals surface area contributed by atoms with Crippen LogP contribution in [0.15, 0.2) is 57.6 Å². The van der Waals surface area contributed by atoms with Crippen LogP contribution in [0.25, 0.3) is 22.2 Å². The summed E-state index contributed by atoms with van der Waals surface area (Å²) in [7, 11) is 0. The molecule has 142 valence electrons. The molecule has 2 heterocycles. The molecule has 1 N–H and O–H groups in total. The molecule has 0 atom stereocenters. The number of nitrogens with zero attached hydrogens (tertiary/aromatic N) is 1. The van der Waals surface area contributed by atoms with E-state index < -0.39 is 17.6 Å². The number of anilines is 1. The van der Waals surface area contributed by atoms with Crippen LogP contribution in [0.1, 0.15) is 21.5 Å². The summed E-state index contributed by atoms with van der Waals surface area (Å²) >= 11 is 1.58. The molecule has 2 aromatic carbocycles. The van der Waals surface area contributed by atoms with Crippen LogP contribution in [0.2, 0.25) is 0 Å². The molecule has 0 aliphatic carbocycles. The SMILES string of the molecule is Cc1cc2oc(NC(=O)c3cccc(C(F)(F)F)c3)nc2cc1-c1ccsc1. The van der Waals surface area contributed by atoms with E-state index in [1.165, 1.54) is 12.1 Å². The second kappa shape index (κ2) is 6.79. The van der Waals surface area contributed by atoms with E-state index in [1.54, 1.807) is 11.3 Å². The Kier molecular flexibility index (Phi) is 4.43. The van der Waals surface area contributed by atoms with E-state index in [2.05, 4.69) is 10.3 Å². The summed E-state index contributed by atoms with van der Waals surface area (Å²) in [6.07, 6.45) is -4.52. The monoisotopic (exact) mass is 402 g/mol. The van der Waals surface area contributed by atoms with Crippen LogP contribution in [0.3, 0.4) is 0 Å². The Morgan fingerprint density at radius 3 is 2.71 bits per heavy atom. The van der Waals surface area contributed by atoms with Crippen molar-refractivity contribution in [2.24, 2.45) is 0 Å². The Morgan fingerprint density at radius 2 is 2.00 bits per heavy atom. The van der Waals surface area contributed by atoms with Crippen molar-refractivity contribution < 1.29 is 22.4 Å². The lowest BCUT2D eigenvalue weighted by Gasteiger charge is -2.07. The molecule has 8 heteroatoms. The molecule has 0 fully saturated rings. The van der Waals surface area contributed by atoms with Gasteiger partial charge in [0.15, 0.2) is 5.58 Å². The molecule has 4 nitrogen and oxygen atoms in total. The molecule has 0 saturated heterocycles. The lowest BCUT2D eigenvalue weighted by atomic mass is 10.0. The number of hydrogen-bond donors (Lipinski definition) is 1. The second-order valence-electron chi connectivity index (χ2n) is 6.20. The first kappa shape index (κ1) is 18.2. The highest BCUT2D eigenvalue weighted by Gasteiger charge is 2.31. The lowest BCUT2D eigenvalue weighted by molar-refractivity contribution is -0.137. The number of alkyl halides is 3. The summed E-state index contributed by atoms with van der Waals surface area (Å²) in [5.74, 6) is -0.729. The second-order valence-corrected chi connectivity index (χ2v) is 6.98. The molecule has 0 aliphatic heterocycles. The highest BCUT2D eigenvalue weighted by molar-refractivity contribution is 7.08. The number of halogens is 3. The zero-order valence-electron chi connectivity index (χ0n) is 14.5. The number of benzene rings is 2. The number of carbonyl (C=O) groups excluding carboxylic acids is 1. The van der Waals surface area contributed by atoms with Crippen molar-refractivity contribution >= 4 is 34.4 Å².